The summed E-state index contributed by atoms with van der Waals surface area (Å²) in [5, 5.41) is 2.96. The molecule has 4 nitrogen and oxygen atoms in total. The lowest BCUT2D eigenvalue weighted by molar-refractivity contribution is -0.122. The van der Waals surface area contributed by atoms with Crippen LogP contribution < -0.4 is 10.2 Å². The number of nitrogens with zero attached hydrogens (tertiary/aromatic N) is 2. The first kappa shape index (κ1) is 14.3. The van der Waals surface area contributed by atoms with Crippen molar-refractivity contribution < 1.29 is 13.6 Å². The molecule has 1 N–H and O–H groups in total. The summed E-state index contributed by atoms with van der Waals surface area (Å²) in [6, 6.07) is 4.03. The van der Waals surface area contributed by atoms with Gasteiger partial charge in [-0.05, 0) is 25.0 Å². The van der Waals surface area contributed by atoms with Crippen molar-refractivity contribution in [2.24, 2.45) is 0 Å². The summed E-state index contributed by atoms with van der Waals surface area (Å²) < 4.78 is 26.7. The monoisotopic (exact) mass is 295 g/mol. The highest BCUT2D eigenvalue weighted by molar-refractivity contribution is 5.78. The molecular formula is C15H19F2N3O. The summed E-state index contributed by atoms with van der Waals surface area (Å²) in [4.78, 5) is 15.7. The smallest absolute Gasteiger partial charge is 0.234 e. The average Bonchev–Trinajstić information content (AvgIpc) is 3.24. The van der Waals surface area contributed by atoms with Crippen molar-refractivity contribution in [2.75, 3.05) is 37.6 Å². The Morgan fingerprint density at radius 3 is 2.52 bits per heavy atom. The molecule has 1 aliphatic heterocycles. The van der Waals surface area contributed by atoms with Crippen LogP contribution in [0.15, 0.2) is 18.2 Å². The number of nitrogens with one attached hydrogen (secondary N) is 1. The maximum atomic E-state index is 13.7. The number of carbonyl (C=O) groups is 1. The highest BCUT2D eigenvalue weighted by Gasteiger charge is 2.25. The molecule has 1 saturated heterocycles. The Hall–Kier alpha value is -1.69. The van der Waals surface area contributed by atoms with Crippen LogP contribution in [0.3, 0.4) is 0 Å². The molecule has 0 unspecified atom stereocenters. The van der Waals surface area contributed by atoms with Crippen LogP contribution in [0.1, 0.15) is 12.8 Å². The van der Waals surface area contributed by atoms with Gasteiger partial charge in [-0.2, -0.15) is 0 Å². The molecule has 0 atom stereocenters. The van der Waals surface area contributed by atoms with E-state index >= 15 is 0 Å². The Morgan fingerprint density at radius 2 is 1.90 bits per heavy atom. The standard InChI is InChI=1S/C15H19F2N3O/c16-11-1-4-14(13(17)9-11)20-7-5-19(6-8-20)10-15(21)18-12-2-3-12/h1,4,9,12H,2-3,5-8,10H2,(H,18,21). The van der Waals surface area contributed by atoms with Crippen molar-refractivity contribution in [3.63, 3.8) is 0 Å². The SMILES string of the molecule is O=C(CN1CCN(c2ccc(F)cc2F)CC1)NC1CC1. The zero-order valence-corrected chi connectivity index (χ0v) is 11.8. The first-order valence-electron chi connectivity index (χ1n) is 7.33. The van der Waals surface area contributed by atoms with E-state index < -0.39 is 11.6 Å². The van der Waals surface area contributed by atoms with Gasteiger partial charge in [0.05, 0.1) is 12.2 Å². The molecule has 1 saturated carbocycles. The molecule has 0 spiro atoms. The molecule has 3 rings (SSSR count). The third-order valence-electron chi connectivity index (χ3n) is 3.93. The van der Waals surface area contributed by atoms with E-state index in [1.165, 1.54) is 12.1 Å². The Morgan fingerprint density at radius 1 is 1.19 bits per heavy atom. The van der Waals surface area contributed by atoms with Gasteiger partial charge in [0, 0.05) is 38.3 Å². The van der Waals surface area contributed by atoms with Crippen LogP contribution in [0.5, 0.6) is 0 Å². The van der Waals surface area contributed by atoms with E-state index in [0.29, 0.717) is 44.5 Å². The van der Waals surface area contributed by atoms with Crippen LogP contribution >= 0.6 is 0 Å². The molecular weight excluding hydrogens is 276 g/mol. The molecule has 0 radical (unpaired) electrons. The van der Waals surface area contributed by atoms with Crippen molar-refractivity contribution in [3.8, 4) is 0 Å². The Labute approximate surface area is 122 Å². The second-order valence-electron chi connectivity index (χ2n) is 5.70. The molecule has 1 aromatic carbocycles. The summed E-state index contributed by atoms with van der Waals surface area (Å²) >= 11 is 0. The third-order valence-corrected chi connectivity index (χ3v) is 3.93. The lowest BCUT2D eigenvalue weighted by atomic mass is 10.2. The van der Waals surface area contributed by atoms with E-state index in [2.05, 4.69) is 10.2 Å². The molecule has 1 heterocycles. The lowest BCUT2D eigenvalue weighted by Gasteiger charge is -2.35. The predicted molar refractivity (Wildman–Crippen MR) is 76.2 cm³/mol. The van der Waals surface area contributed by atoms with E-state index in [9.17, 15) is 13.6 Å². The van der Waals surface area contributed by atoms with Gasteiger partial charge in [0.25, 0.3) is 0 Å². The number of halogens is 2. The molecule has 0 aromatic heterocycles. The van der Waals surface area contributed by atoms with Crippen LogP contribution in [0.4, 0.5) is 14.5 Å². The quantitative estimate of drug-likeness (QED) is 0.911. The van der Waals surface area contributed by atoms with Crippen LogP contribution in [0.2, 0.25) is 0 Å². The average molecular weight is 295 g/mol. The first-order valence-corrected chi connectivity index (χ1v) is 7.33. The van der Waals surface area contributed by atoms with Gasteiger partial charge in [0.2, 0.25) is 5.91 Å². The molecule has 21 heavy (non-hydrogen) atoms. The molecule has 1 aromatic rings. The highest BCUT2D eigenvalue weighted by atomic mass is 19.1. The van der Waals surface area contributed by atoms with E-state index in [0.717, 1.165) is 18.9 Å². The molecule has 1 aliphatic carbocycles. The van der Waals surface area contributed by atoms with Gasteiger partial charge in [-0.15, -0.1) is 0 Å². The Kier molecular flexibility index (Phi) is 4.05. The van der Waals surface area contributed by atoms with Crippen LogP contribution in [-0.2, 0) is 4.79 Å². The number of benzene rings is 1. The second-order valence-corrected chi connectivity index (χ2v) is 5.70. The van der Waals surface area contributed by atoms with Crippen LogP contribution in [0.25, 0.3) is 0 Å². The number of amides is 1. The van der Waals surface area contributed by atoms with Crippen molar-refractivity contribution in [2.45, 2.75) is 18.9 Å². The van der Waals surface area contributed by atoms with Crippen molar-refractivity contribution >= 4 is 11.6 Å². The minimum atomic E-state index is -0.563. The molecule has 2 fully saturated rings. The minimum Gasteiger partial charge on any atom is -0.367 e. The second kappa shape index (κ2) is 5.97. The summed E-state index contributed by atoms with van der Waals surface area (Å²) in [5.41, 5.74) is 0.429. The Bertz CT molecular complexity index is 526. The van der Waals surface area contributed by atoms with Gasteiger partial charge in [0.15, 0.2) is 0 Å². The number of hydrogen-bond donors (Lipinski definition) is 1. The molecule has 0 bridgehead atoms. The number of hydrogen-bond acceptors (Lipinski definition) is 3. The fourth-order valence-corrected chi connectivity index (χ4v) is 2.59. The van der Waals surface area contributed by atoms with Crippen LogP contribution in [0, 0.1) is 11.6 Å². The Balaban J connectivity index is 1.51. The van der Waals surface area contributed by atoms with E-state index in [1.54, 1.807) is 0 Å². The number of carbonyl (C=O) groups excluding carboxylic acids is 1. The maximum Gasteiger partial charge on any atom is 0.234 e. The van der Waals surface area contributed by atoms with Crippen LogP contribution in [-0.4, -0.2) is 49.6 Å². The first-order chi connectivity index (χ1) is 10.1. The van der Waals surface area contributed by atoms with Crippen molar-refractivity contribution in [1.29, 1.82) is 0 Å². The highest BCUT2D eigenvalue weighted by Crippen LogP contribution is 2.21. The van der Waals surface area contributed by atoms with Gasteiger partial charge in [-0.1, -0.05) is 0 Å². The molecule has 6 heteroatoms. The van der Waals surface area contributed by atoms with Crippen molar-refractivity contribution in [1.82, 2.24) is 10.2 Å². The van der Waals surface area contributed by atoms with Gasteiger partial charge in [-0.25, -0.2) is 8.78 Å². The van der Waals surface area contributed by atoms with E-state index in [-0.39, 0.29) is 5.91 Å². The summed E-state index contributed by atoms with van der Waals surface area (Å²) in [5.74, 6) is -1.03. The maximum absolute atomic E-state index is 13.7. The van der Waals surface area contributed by atoms with E-state index in [4.69, 9.17) is 0 Å². The van der Waals surface area contributed by atoms with Gasteiger partial charge >= 0.3 is 0 Å². The van der Waals surface area contributed by atoms with Gasteiger partial charge < -0.3 is 10.2 Å². The third kappa shape index (κ3) is 3.69. The zero-order chi connectivity index (χ0) is 14.8. The van der Waals surface area contributed by atoms with E-state index in [1.807, 2.05) is 4.90 Å². The van der Waals surface area contributed by atoms with Crippen molar-refractivity contribution in [3.05, 3.63) is 29.8 Å². The number of anilines is 1. The number of piperazine rings is 1. The number of rotatable bonds is 4. The normalized spacial score (nSPS) is 19.6. The van der Waals surface area contributed by atoms with Gasteiger partial charge in [0.1, 0.15) is 11.6 Å². The molecule has 1 amide bonds. The topological polar surface area (TPSA) is 35.6 Å². The largest absolute Gasteiger partial charge is 0.367 e. The molecule has 114 valence electrons. The minimum absolute atomic E-state index is 0.0684. The lowest BCUT2D eigenvalue weighted by Crippen LogP contribution is -2.50. The summed E-state index contributed by atoms with van der Waals surface area (Å²) in [6.45, 7) is 3.08. The zero-order valence-electron chi connectivity index (χ0n) is 11.8. The fraction of sp³-hybridized carbons (Fsp3) is 0.533. The fourth-order valence-electron chi connectivity index (χ4n) is 2.59. The summed E-state index contributed by atoms with van der Waals surface area (Å²) in [7, 11) is 0. The summed E-state index contributed by atoms with van der Waals surface area (Å²) in [6.07, 6.45) is 2.17. The predicted octanol–water partition coefficient (Wildman–Crippen LogP) is 1.37. The van der Waals surface area contributed by atoms with Gasteiger partial charge in [-0.3, -0.25) is 9.69 Å². The molecule has 2 aliphatic rings.